The third-order valence-corrected chi connectivity index (χ3v) is 5.44. The van der Waals surface area contributed by atoms with E-state index in [9.17, 15) is 4.79 Å². The summed E-state index contributed by atoms with van der Waals surface area (Å²) in [6.07, 6.45) is 4.62. The molecule has 2 fully saturated rings. The Morgan fingerprint density at radius 2 is 1.72 bits per heavy atom. The number of aryl methyl sites for hydroxylation is 1. The molecule has 0 radical (unpaired) electrons. The highest BCUT2D eigenvalue weighted by Crippen LogP contribution is 2.28. The molecule has 6 heteroatoms. The molecular formula is C23H24N4O2. The second-order valence-electron chi connectivity index (χ2n) is 8.01. The third kappa shape index (κ3) is 4.22. The van der Waals surface area contributed by atoms with Crippen LogP contribution in [0.25, 0.3) is 22.6 Å². The average molecular weight is 388 g/mol. The molecule has 0 unspecified atom stereocenters. The van der Waals surface area contributed by atoms with Crippen molar-refractivity contribution in [3.8, 4) is 22.6 Å². The molecule has 2 aromatic carbocycles. The van der Waals surface area contributed by atoms with Crippen LogP contribution in [0, 0.1) is 6.92 Å². The summed E-state index contributed by atoms with van der Waals surface area (Å²) >= 11 is 0. The van der Waals surface area contributed by atoms with Crippen LogP contribution in [0.2, 0.25) is 0 Å². The normalized spacial score (nSPS) is 16.0. The van der Waals surface area contributed by atoms with Crippen LogP contribution in [0.4, 0.5) is 0 Å². The lowest BCUT2D eigenvalue weighted by Crippen LogP contribution is -2.25. The fourth-order valence-corrected chi connectivity index (χ4v) is 3.32. The first-order valence-corrected chi connectivity index (χ1v) is 10.2. The van der Waals surface area contributed by atoms with Gasteiger partial charge in [0.1, 0.15) is 0 Å². The van der Waals surface area contributed by atoms with Crippen molar-refractivity contribution in [3.63, 3.8) is 0 Å². The van der Waals surface area contributed by atoms with Crippen molar-refractivity contribution in [1.82, 2.24) is 20.8 Å². The monoisotopic (exact) mass is 388 g/mol. The highest BCUT2D eigenvalue weighted by Gasteiger charge is 2.24. The van der Waals surface area contributed by atoms with Gasteiger partial charge < -0.3 is 15.1 Å². The van der Waals surface area contributed by atoms with E-state index in [0.717, 1.165) is 35.1 Å². The lowest BCUT2D eigenvalue weighted by atomic mass is 9.97. The molecule has 1 heterocycles. The molecule has 3 aromatic rings. The van der Waals surface area contributed by atoms with Crippen molar-refractivity contribution in [2.45, 2.75) is 51.2 Å². The zero-order valence-corrected chi connectivity index (χ0v) is 16.4. The molecule has 1 aromatic heterocycles. The van der Waals surface area contributed by atoms with Crippen molar-refractivity contribution in [2.24, 2.45) is 0 Å². The highest BCUT2D eigenvalue weighted by atomic mass is 16.4. The predicted octanol–water partition coefficient (Wildman–Crippen LogP) is 3.86. The minimum absolute atomic E-state index is 0.00330. The molecule has 1 amide bonds. The van der Waals surface area contributed by atoms with E-state index in [-0.39, 0.29) is 5.91 Å². The van der Waals surface area contributed by atoms with Crippen LogP contribution in [-0.2, 0) is 6.54 Å². The number of aromatic nitrogens is 2. The van der Waals surface area contributed by atoms with Crippen molar-refractivity contribution in [1.29, 1.82) is 0 Å². The molecule has 6 nitrogen and oxygen atoms in total. The summed E-state index contributed by atoms with van der Waals surface area (Å²) in [5.74, 6) is 1.14. The first-order valence-electron chi connectivity index (χ1n) is 10.2. The number of benzene rings is 2. The Morgan fingerprint density at radius 3 is 2.45 bits per heavy atom. The van der Waals surface area contributed by atoms with Crippen molar-refractivity contribution >= 4 is 5.91 Å². The molecule has 2 aliphatic rings. The van der Waals surface area contributed by atoms with Gasteiger partial charge in [-0.1, -0.05) is 18.2 Å². The van der Waals surface area contributed by atoms with Crippen LogP contribution in [0.1, 0.15) is 47.5 Å². The average Bonchev–Trinajstić information content (AvgIpc) is 3.67. The van der Waals surface area contributed by atoms with Crippen molar-refractivity contribution in [2.75, 3.05) is 0 Å². The van der Waals surface area contributed by atoms with Crippen LogP contribution in [-0.4, -0.2) is 28.2 Å². The summed E-state index contributed by atoms with van der Waals surface area (Å²) in [5, 5.41) is 14.7. The van der Waals surface area contributed by atoms with E-state index < -0.39 is 0 Å². The SMILES string of the molecule is Cc1ccc(C(=O)NC2CC2)cc1-c1ccc(-c2nnc(CNC3CC3)o2)cc1. The van der Waals surface area contributed by atoms with Crippen LogP contribution in [0.3, 0.4) is 0 Å². The lowest BCUT2D eigenvalue weighted by Gasteiger charge is -2.10. The number of nitrogens with one attached hydrogen (secondary N) is 2. The molecule has 2 aliphatic carbocycles. The van der Waals surface area contributed by atoms with Gasteiger partial charge in [-0.15, -0.1) is 10.2 Å². The summed E-state index contributed by atoms with van der Waals surface area (Å²) in [5.41, 5.74) is 4.83. The Hall–Kier alpha value is -2.99. The largest absolute Gasteiger partial charge is 0.419 e. The van der Waals surface area contributed by atoms with Gasteiger partial charge in [0.15, 0.2) is 0 Å². The van der Waals surface area contributed by atoms with Gasteiger partial charge in [-0.05, 0) is 73.6 Å². The second kappa shape index (κ2) is 7.44. The number of hydrogen-bond donors (Lipinski definition) is 2. The Bertz CT molecular complexity index is 1030. The molecule has 0 spiro atoms. The van der Waals surface area contributed by atoms with E-state index in [4.69, 9.17) is 4.42 Å². The van der Waals surface area contributed by atoms with Gasteiger partial charge in [0, 0.05) is 23.2 Å². The van der Waals surface area contributed by atoms with E-state index in [0.29, 0.717) is 36.0 Å². The first kappa shape index (κ1) is 18.1. The van der Waals surface area contributed by atoms with Gasteiger partial charge in [0.05, 0.1) is 6.54 Å². The fraction of sp³-hybridized carbons (Fsp3) is 0.348. The van der Waals surface area contributed by atoms with Crippen LogP contribution >= 0.6 is 0 Å². The number of carbonyl (C=O) groups excluding carboxylic acids is 1. The summed E-state index contributed by atoms with van der Waals surface area (Å²) < 4.78 is 5.77. The van der Waals surface area contributed by atoms with Gasteiger partial charge in [-0.2, -0.15) is 0 Å². The predicted molar refractivity (Wildman–Crippen MR) is 110 cm³/mol. The zero-order chi connectivity index (χ0) is 19.8. The van der Waals surface area contributed by atoms with Gasteiger partial charge in [0.25, 0.3) is 5.91 Å². The van der Waals surface area contributed by atoms with E-state index in [1.54, 1.807) is 0 Å². The molecule has 0 aliphatic heterocycles. The van der Waals surface area contributed by atoms with Gasteiger partial charge in [0.2, 0.25) is 11.8 Å². The van der Waals surface area contributed by atoms with Gasteiger partial charge in [-0.25, -0.2) is 0 Å². The number of hydrogen-bond acceptors (Lipinski definition) is 5. The number of amides is 1. The molecule has 5 rings (SSSR count). The van der Waals surface area contributed by atoms with Gasteiger partial charge in [-0.3, -0.25) is 4.79 Å². The van der Waals surface area contributed by atoms with Crippen molar-refractivity contribution < 1.29 is 9.21 Å². The van der Waals surface area contributed by atoms with Crippen LogP contribution < -0.4 is 10.6 Å². The Labute approximate surface area is 169 Å². The molecule has 29 heavy (non-hydrogen) atoms. The van der Waals surface area contributed by atoms with Crippen LogP contribution in [0.5, 0.6) is 0 Å². The molecular weight excluding hydrogens is 364 g/mol. The Balaban J connectivity index is 1.33. The summed E-state index contributed by atoms with van der Waals surface area (Å²) in [7, 11) is 0. The maximum absolute atomic E-state index is 12.4. The third-order valence-electron chi connectivity index (χ3n) is 5.44. The summed E-state index contributed by atoms with van der Waals surface area (Å²) in [6.45, 7) is 2.67. The van der Waals surface area contributed by atoms with E-state index in [2.05, 4.69) is 27.8 Å². The quantitative estimate of drug-likeness (QED) is 0.642. The Morgan fingerprint density at radius 1 is 1.00 bits per heavy atom. The van der Waals surface area contributed by atoms with Crippen LogP contribution in [0.15, 0.2) is 46.9 Å². The highest BCUT2D eigenvalue weighted by molar-refractivity contribution is 5.96. The minimum atomic E-state index is 0.00330. The standard InChI is InChI=1S/C23H24N4O2/c1-14-2-3-17(22(28)25-19-10-11-19)12-20(14)15-4-6-16(7-5-15)23-27-26-21(29-23)13-24-18-8-9-18/h2-7,12,18-19,24H,8-11,13H2,1H3,(H,25,28). The lowest BCUT2D eigenvalue weighted by molar-refractivity contribution is 0.0951. The topological polar surface area (TPSA) is 80.0 Å². The maximum Gasteiger partial charge on any atom is 0.251 e. The van der Waals surface area contributed by atoms with E-state index in [1.165, 1.54) is 12.8 Å². The van der Waals surface area contributed by atoms with Crippen molar-refractivity contribution in [3.05, 3.63) is 59.5 Å². The number of nitrogens with zero attached hydrogens (tertiary/aromatic N) is 2. The second-order valence-corrected chi connectivity index (χ2v) is 8.01. The number of carbonyl (C=O) groups is 1. The molecule has 148 valence electrons. The zero-order valence-electron chi connectivity index (χ0n) is 16.4. The first-order chi connectivity index (χ1) is 14.2. The van der Waals surface area contributed by atoms with Gasteiger partial charge >= 0.3 is 0 Å². The fourth-order valence-electron chi connectivity index (χ4n) is 3.32. The molecule has 0 saturated heterocycles. The molecule has 2 saturated carbocycles. The smallest absolute Gasteiger partial charge is 0.251 e. The summed E-state index contributed by atoms with van der Waals surface area (Å²) in [6, 6.07) is 14.9. The molecule has 0 atom stereocenters. The Kier molecular flexibility index (Phi) is 4.64. The maximum atomic E-state index is 12.4. The number of rotatable bonds is 7. The molecule has 2 N–H and O–H groups in total. The summed E-state index contributed by atoms with van der Waals surface area (Å²) in [4.78, 5) is 12.4. The van der Waals surface area contributed by atoms with E-state index >= 15 is 0 Å². The van der Waals surface area contributed by atoms with E-state index in [1.807, 2.05) is 42.5 Å². The minimum Gasteiger partial charge on any atom is -0.419 e. The molecule has 0 bridgehead atoms.